The van der Waals surface area contributed by atoms with Crippen LogP contribution in [-0.2, 0) is 11.0 Å². The Kier molecular flexibility index (Phi) is 3.59. The molecule has 9 heteroatoms. The summed E-state index contributed by atoms with van der Waals surface area (Å²) in [6.07, 6.45) is -5.54. The quantitative estimate of drug-likeness (QED) is 0.861. The third-order valence-corrected chi connectivity index (χ3v) is 3.72. The minimum Gasteiger partial charge on any atom is -0.391 e. The number of aliphatic hydroxyl groups is 1. The van der Waals surface area contributed by atoms with Gasteiger partial charge in [-0.3, -0.25) is 4.79 Å². The second kappa shape index (κ2) is 5.34. The molecular weight excluding hydrogens is 313 g/mol. The number of hydrogen-bond acceptors (Lipinski definition) is 5. The van der Waals surface area contributed by atoms with Gasteiger partial charge in [-0.15, -0.1) is 0 Å². The SMILES string of the molecule is NC(=O)[C@@H]1C[C@@H](O)CN1c1nc(C(F)(F)F)nc2ccccc12. The first-order valence-electron chi connectivity index (χ1n) is 6.85. The van der Waals surface area contributed by atoms with Crippen LogP contribution in [0.2, 0.25) is 0 Å². The number of para-hydroxylation sites is 1. The van der Waals surface area contributed by atoms with E-state index in [1.165, 1.54) is 11.0 Å². The van der Waals surface area contributed by atoms with Crippen LogP contribution in [-0.4, -0.2) is 39.7 Å². The van der Waals surface area contributed by atoms with Crippen LogP contribution in [0.5, 0.6) is 0 Å². The fourth-order valence-corrected chi connectivity index (χ4v) is 2.72. The van der Waals surface area contributed by atoms with Gasteiger partial charge in [0.15, 0.2) is 0 Å². The standard InChI is InChI=1S/C14H13F3N4O2/c15-14(16,17)13-19-9-4-2-1-3-8(9)12(20-13)21-6-7(22)5-10(21)11(18)23/h1-4,7,10,22H,5-6H2,(H2,18,23)/t7-,10+/m1/s1. The first-order chi connectivity index (χ1) is 10.8. The number of aromatic nitrogens is 2. The highest BCUT2D eigenvalue weighted by Gasteiger charge is 2.40. The summed E-state index contributed by atoms with van der Waals surface area (Å²) in [6, 6.07) is 5.27. The van der Waals surface area contributed by atoms with Gasteiger partial charge in [-0.05, 0) is 12.1 Å². The van der Waals surface area contributed by atoms with Crippen molar-refractivity contribution in [3.63, 3.8) is 0 Å². The first-order valence-corrected chi connectivity index (χ1v) is 6.85. The maximum Gasteiger partial charge on any atom is 0.451 e. The number of rotatable bonds is 2. The number of fused-ring (bicyclic) bond motifs is 1. The van der Waals surface area contributed by atoms with Gasteiger partial charge in [0.2, 0.25) is 11.7 Å². The Morgan fingerprint density at radius 1 is 1.30 bits per heavy atom. The van der Waals surface area contributed by atoms with Gasteiger partial charge < -0.3 is 15.7 Å². The van der Waals surface area contributed by atoms with E-state index >= 15 is 0 Å². The molecule has 1 aliphatic rings. The lowest BCUT2D eigenvalue weighted by Gasteiger charge is -2.25. The number of β-amino-alcohol motifs (C(OH)–C–C–N with tert-alkyl or cyclic N) is 1. The molecule has 0 radical (unpaired) electrons. The van der Waals surface area contributed by atoms with E-state index in [4.69, 9.17) is 5.73 Å². The summed E-state index contributed by atoms with van der Waals surface area (Å²) in [5.41, 5.74) is 5.40. The molecule has 1 fully saturated rings. The number of halogens is 3. The highest BCUT2D eigenvalue weighted by molar-refractivity contribution is 5.93. The van der Waals surface area contributed by atoms with E-state index in [2.05, 4.69) is 9.97 Å². The lowest BCUT2D eigenvalue weighted by atomic mass is 10.1. The molecule has 3 N–H and O–H groups in total. The molecule has 1 aromatic heterocycles. The molecule has 0 spiro atoms. The van der Waals surface area contributed by atoms with Gasteiger partial charge >= 0.3 is 6.18 Å². The van der Waals surface area contributed by atoms with Crippen LogP contribution in [0.1, 0.15) is 12.2 Å². The zero-order valence-electron chi connectivity index (χ0n) is 11.8. The van der Waals surface area contributed by atoms with Gasteiger partial charge in [0.05, 0.1) is 11.6 Å². The van der Waals surface area contributed by atoms with E-state index in [1.54, 1.807) is 18.2 Å². The second-order valence-corrected chi connectivity index (χ2v) is 5.35. The molecule has 2 heterocycles. The van der Waals surface area contributed by atoms with Crippen LogP contribution in [0.25, 0.3) is 10.9 Å². The molecule has 23 heavy (non-hydrogen) atoms. The molecule has 1 amide bonds. The van der Waals surface area contributed by atoms with Crippen molar-refractivity contribution >= 4 is 22.6 Å². The number of carbonyl (C=O) groups is 1. The highest BCUT2D eigenvalue weighted by atomic mass is 19.4. The summed E-state index contributed by atoms with van der Waals surface area (Å²) in [5.74, 6) is -2.07. The summed E-state index contributed by atoms with van der Waals surface area (Å²) < 4.78 is 39.1. The van der Waals surface area contributed by atoms with Gasteiger partial charge in [-0.25, -0.2) is 9.97 Å². The predicted molar refractivity (Wildman–Crippen MR) is 75.5 cm³/mol. The van der Waals surface area contributed by atoms with Crippen molar-refractivity contribution in [3.8, 4) is 0 Å². The largest absolute Gasteiger partial charge is 0.451 e. The highest BCUT2D eigenvalue weighted by Crippen LogP contribution is 2.34. The number of benzene rings is 1. The van der Waals surface area contributed by atoms with Crippen molar-refractivity contribution in [2.24, 2.45) is 5.73 Å². The number of aliphatic hydroxyl groups excluding tert-OH is 1. The molecule has 1 saturated heterocycles. The monoisotopic (exact) mass is 326 g/mol. The van der Waals surface area contributed by atoms with E-state index in [0.29, 0.717) is 5.39 Å². The van der Waals surface area contributed by atoms with Crippen molar-refractivity contribution in [1.82, 2.24) is 9.97 Å². The summed E-state index contributed by atoms with van der Waals surface area (Å²) in [4.78, 5) is 20.0. The number of nitrogens with two attached hydrogens (primary N) is 1. The topological polar surface area (TPSA) is 92.3 Å². The number of hydrogen-bond donors (Lipinski definition) is 2. The fourth-order valence-electron chi connectivity index (χ4n) is 2.72. The van der Waals surface area contributed by atoms with Crippen LogP contribution in [0, 0.1) is 0 Å². The van der Waals surface area contributed by atoms with Gasteiger partial charge in [0, 0.05) is 18.4 Å². The second-order valence-electron chi connectivity index (χ2n) is 5.35. The van der Waals surface area contributed by atoms with Crippen molar-refractivity contribution in [2.75, 3.05) is 11.4 Å². The van der Waals surface area contributed by atoms with Gasteiger partial charge in [-0.1, -0.05) is 12.1 Å². The maximum atomic E-state index is 13.0. The molecule has 3 rings (SSSR count). The Hall–Kier alpha value is -2.42. The molecular formula is C14H13F3N4O2. The number of alkyl halides is 3. The molecule has 6 nitrogen and oxygen atoms in total. The minimum atomic E-state index is -4.72. The predicted octanol–water partition coefficient (Wildman–Crippen LogP) is 1.07. The summed E-state index contributed by atoms with van der Waals surface area (Å²) in [6.45, 7) is -0.0219. The smallest absolute Gasteiger partial charge is 0.391 e. The summed E-state index contributed by atoms with van der Waals surface area (Å²) >= 11 is 0. The third kappa shape index (κ3) is 2.79. The number of anilines is 1. The number of carbonyl (C=O) groups excluding carboxylic acids is 1. The van der Waals surface area contributed by atoms with Gasteiger partial charge in [-0.2, -0.15) is 13.2 Å². The average Bonchev–Trinajstić information content (AvgIpc) is 2.87. The van der Waals surface area contributed by atoms with Crippen LogP contribution in [0.15, 0.2) is 24.3 Å². The van der Waals surface area contributed by atoms with Crippen LogP contribution >= 0.6 is 0 Å². The molecule has 1 aliphatic heterocycles. The average molecular weight is 326 g/mol. The number of nitrogens with zero attached hydrogens (tertiary/aromatic N) is 3. The van der Waals surface area contributed by atoms with Crippen molar-refractivity contribution in [1.29, 1.82) is 0 Å². The Bertz CT molecular complexity index is 765. The first kappa shape index (κ1) is 15.5. The maximum absolute atomic E-state index is 13.0. The van der Waals surface area contributed by atoms with E-state index in [1.807, 2.05) is 0 Å². The zero-order chi connectivity index (χ0) is 16.8. The van der Waals surface area contributed by atoms with E-state index in [0.717, 1.165) is 0 Å². The Morgan fingerprint density at radius 3 is 2.65 bits per heavy atom. The van der Waals surface area contributed by atoms with E-state index in [9.17, 15) is 23.1 Å². The molecule has 2 aromatic rings. The zero-order valence-corrected chi connectivity index (χ0v) is 11.8. The van der Waals surface area contributed by atoms with E-state index < -0.39 is 30.1 Å². The van der Waals surface area contributed by atoms with E-state index in [-0.39, 0.29) is 24.3 Å². The normalized spacial score (nSPS) is 21.8. The molecule has 2 atom stereocenters. The van der Waals surface area contributed by atoms with Gasteiger partial charge in [0.1, 0.15) is 11.9 Å². The molecule has 0 saturated carbocycles. The molecule has 1 aromatic carbocycles. The molecule has 0 unspecified atom stereocenters. The van der Waals surface area contributed by atoms with Crippen molar-refractivity contribution < 1.29 is 23.1 Å². The minimum absolute atomic E-state index is 0.0219. The summed E-state index contributed by atoms with van der Waals surface area (Å²) in [5, 5.41) is 10.1. The molecule has 0 aliphatic carbocycles. The van der Waals surface area contributed by atoms with Crippen LogP contribution in [0.3, 0.4) is 0 Å². The number of primary amides is 1. The third-order valence-electron chi connectivity index (χ3n) is 3.72. The Balaban J connectivity index is 2.21. The summed E-state index contributed by atoms with van der Waals surface area (Å²) in [7, 11) is 0. The lowest BCUT2D eigenvalue weighted by molar-refractivity contribution is -0.144. The fraction of sp³-hybridized carbons (Fsp3) is 0.357. The van der Waals surface area contributed by atoms with Crippen molar-refractivity contribution in [3.05, 3.63) is 30.1 Å². The Morgan fingerprint density at radius 2 is 2.00 bits per heavy atom. The molecule has 122 valence electrons. The number of amides is 1. The van der Waals surface area contributed by atoms with Crippen LogP contribution < -0.4 is 10.6 Å². The van der Waals surface area contributed by atoms with Gasteiger partial charge in [0.25, 0.3) is 0 Å². The molecule has 0 bridgehead atoms. The lowest BCUT2D eigenvalue weighted by Crippen LogP contribution is -2.41. The van der Waals surface area contributed by atoms with Crippen molar-refractivity contribution in [2.45, 2.75) is 24.7 Å². The van der Waals surface area contributed by atoms with Crippen LogP contribution in [0.4, 0.5) is 19.0 Å². The Labute approximate surface area is 128 Å².